The van der Waals surface area contributed by atoms with E-state index in [1.807, 2.05) is 11.9 Å². The van der Waals surface area contributed by atoms with Crippen LogP contribution in [0.5, 0.6) is 0 Å². The predicted molar refractivity (Wildman–Crippen MR) is 91.8 cm³/mol. The van der Waals surface area contributed by atoms with Gasteiger partial charge in [0.05, 0.1) is 33.0 Å². The average molecular weight is 364 g/mol. The fourth-order valence-corrected chi connectivity index (χ4v) is 1.57. The van der Waals surface area contributed by atoms with Gasteiger partial charge in [0, 0.05) is 19.6 Å². The van der Waals surface area contributed by atoms with Crippen LogP contribution >= 0.6 is 0 Å². The molecule has 0 aromatic carbocycles. The van der Waals surface area contributed by atoms with Gasteiger partial charge in [-0.1, -0.05) is 0 Å². The quantitative estimate of drug-likeness (QED) is 0.431. The van der Waals surface area contributed by atoms with E-state index in [4.69, 9.17) is 24.1 Å². The molecule has 0 bridgehead atoms. The van der Waals surface area contributed by atoms with Crippen molar-refractivity contribution in [3.63, 3.8) is 0 Å². The predicted octanol–water partition coefficient (Wildman–Crippen LogP) is 0.577. The number of carbonyl (C=O) groups is 2. The molecule has 9 heteroatoms. The lowest BCUT2D eigenvalue weighted by atomic mass is 10.2. The second kappa shape index (κ2) is 13.8. The number of hydrogen-bond acceptors (Lipinski definition) is 7. The summed E-state index contributed by atoms with van der Waals surface area (Å²) in [4.78, 5) is 23.6. The van der Waals surface area contributed by atoms with Gasteiger partial charge in [-0.2, -0.15) is 0 Å². The maximum Gasteiger partial charge on any atom is 0.407 e. The first kappa shape index (κ1) is 23.6. The van der Waals surface area contributed by atoms with Crippen molar-refractivity contribution in [3.05, 3.63) is 0 Å². The van der Waals surface area contributed by atoms with Crippen LogP contribution in [0.15, 0.2) is 0 Å². The van der Waals surface area contributed by atoms with Crippen molar-refractivity contribution >= 4 is 12.1 Å². The highest BCUT2D eigenvalue weighted by Crippen LogP contribution is 2.05. The molecule has 0 aliphatic carbocycles. The van der Waals surface area contributed by atoms with E-state index in [9.17, 15) is 9.59 Å². The molecule has 148 valence electrons. The van der Waals surface area contributed by atoms with Crippen molar-refractivity contribution in [2.24, 2.45) is 0 Å². The van der Waals surface area contributed by atoms with E-state index in [1.165, 1.54) is 0 Å². The molecule has 9 nitrogen and oxygen atoms in total. The van der Waals surface area contributed by atoms with E-state index in [-0.39, 0.29) is 6.61 Å². The van der Waals surface area contributed by atoms with Crippen LogP contribution in [-0.4, -0.2) is 94.0 Å². The van der Waals surface area contributed by atoms with E-state index >= 15 is 0 Å². The number of amides is 1. The normalized spacial score (nSPS) is 11.6. The number of nitrogens with zero attached hydrogens (tertiary/aromatic N) is 1. The maximum atomic E-state index is 11.4. The number of rotatable bonds is 14. The molecule has 25 heavy (non-hydrogen) atoms. The van der Waals surface area contributed by atoms with Crippen LogP contribution < -0.4 is 5.32 Å². The minimum atomic E-state index is -0.965. The van der Waals surface area contributed by atoms with Crippen LogP contribution in [0, 0.1) is 0 Å². The molecule has 0 saturated heterocycles. The van der Waals surface area contributed by atoms with Gasteiger partial charge in [-0.3, -0.25) is 0 Å². The van der Waals surface area contributed by atoms with Gasteiger partial charge >= 0.3 is 12.1 Å². The van der Waals surface area contributed by atoms with Gasteiger partial charge in [0.15, 0.2) is 0 Å². The van der Waals surface area contributed by atoms with Crippen LogP contribution in [0.4, 0.5) is 4.79 Å². The Morgan fingerprint density at radius 2 is 1.52 bits per heavy atom. The number of likely N-dealkylation sites (N-methyl/N-ethyl adjacent to an activating group) is 1. The molecule has 0 aromatic heterocycles. The smallest absolute Gasteiger partial charge is 0.407 e. The molecule has 0 rings (SSSR count). The maximum absolute atomic E-state index is 11.4. The fourth-order valence-electron chi connectivity index (χ4n) is 1.57. The number of carboxylic acid groups (broad SMARTS) is 1. The second-order valence-electron chi connectivity index (χ2n) is 6.40. The monoisotopic (exact) mass is 364 g/mol. The molecule has 0 radical (unpaired) electrons. The van der Waals surface area contributed by atoms with E-state index < -0.39 is 17.7 Å². The van der Waals surface area contributed by atoms with Gasteiger partial charge < -0.3 is 34.3 Å². The number of ether oxygens (including phenoxy) is 4. The van der Waals surface area contributed by atoms with Crippen LogP contribution in [0.25, 0.3) is 0 Å². The van der Waals surface area contributed by atoms with Gasteiger partial charge in [0.1, 0.15) is 12.2 Å². The molecule has 0 unspecified atom stereocenters. The number of carbonyl (C=O) groups excluding carboxylic acids is 1. The Kier molecular flexibility index (Phi) is 13.0. The lowest BCUT2D eigenvalue weighted by Crippen LogP contribution is -2.34. The van der Waals surface area contributed by atoms with Crippen molar-refractivity contribution in [2.75, 3.05) is 66.3 Å². The van der Waals surface area contributed by atoms with Crippen molar-refractivity contribution in [1.82, 2.24) is 10.2 Å². The third kappa shape index (κ3) is 18.8. The van der Waals surface area contributed by atoms with Gasteiger partial charge in [0.25, 0.3) is 0 Å². The standard InChI is InChI=1S/C16H32N2O7/c1-16(2,3)25-15(21)17-5-8-22-11-12-23-9-6-18(4)7-10-24-13-14(19)20/h5-13H2,1-4H3,(H,17,21)(H,19,20). The molecule has 0 saturated carbocycles. The molecule has 0 aromatic rings. The van der Waals surface area contributed by atoms with E-state index in [0.29, 0.717) is 46.1 Å². The highest BCUT2D eigenvalue weighted by Gasteiger charge is 2.15. The average Bonchev–Trinajstić information content (AvgIpc) is 2.48. The zero-order valence-corrected chi connectivity index (χ0v) is 15.7. The Morgan fingerprint density at radius 3 is 2.08 bits per heavy atom. The fraction of sp³-hybridized carbons (Fsp3) is 0.875. The lowest BCUT2D eigenvalue weighted by molar-refractivity contribution is -0.142. The zero-order valence-electron chi connectivity index (χ0n) is 15.7. The Balaban J connectivity index is 3.33. The summed E-state index contributed by atoms with van der Waals surface area (Å²) < 4.78 is 20.8. The van der Waals surface area contributed by atoms with Crippen molar-refractivity contribution < 1.29 is 33.6 Å². The van der Waals surface area contributed by atoms with Crippen LogP contribution in [0.2, 0.25) is 0 Å². The zero-order chi connectivity index (χ0) is 19.1. The number of alkyl carbamates (subject to hydrolysis) is 1. The van der Waals surface area contributed by atoms with Gasteiger partial charge in [-0.15, -0.1) is 0 Å². The Labute approximate surface area is 149 Å². The third-order valence-corrected chi connectivity index (χ3v) is 2.75. The summed E-state index contributed by atoms with van der Waals surface area (Å²) in [5, 5.41) is 11.0. The van der Waals surface area contributed by atoms with E-state index in [2.05, 4.69) is 5.32 Å². The molecule has 1 amide bonds. The first-order chi connectivity index (χ1) is 11.7. The Bertz CT molecular complexity index is 372. The molecule has 0 aliphatic heterocycles. The van der Waals surface area contributed by atoms with Gasteiger partial charge in [-0.05, 0) is 27.8 Å². The van der Waals surface area contributed by atoms with Crippen molar-refractivity contribution in [2.45, 2.75) is 26.4 Å². The van der Waals surface area contributed by atoms with E-state index in [0.717, 1.165) is 6.54 Å². The Morgan fingerprint density at radius 1 is 0.960 bits per heavy atom. The minimum absolute atomic E-state index is 0.273. The summed E-state index contributed by atoms with van der Waals surface area (Å²) in [7, 11) is 1.91. The van der Waals surface area contributed by atoms with Crippen LogP contribution in [0.3, 0.4) is 0 Å². The highest BCUT2D eigenvalue weighted by atomic mass is 16.6. The summed E-state index contributed by atoms with van der Waals surface area (Å²) in [6, 6.07) is 0. The first-order valence-electron chi connectivity index (χ1n) is 8.31. The molecular weight excluding hydrogens is 332 g/mol. The minimum Gasteiger partial charge on any atom is -0.480 e. The molecule has 0 spiro atoms. The molecule has 0 atom stereocenters. The van der Waals surface area contributed by atoms with E-state index in [1.54, 1.807) is 20.8 Å². The Hall–Kier alpha value is -1.42. The molecular formula is C16H32N2O7. The third-order valence-electron chi connectivity index (χ3n) is 2.75. The largest absolute Gasteiger partial charge is 0.480 e. The number of carboxylic acids is 1. The molecule has 0 fully saturated rings. The topological polar surface area (TPSA) is 107 Å². The second-order valence-corrected chi connectivity index (χ2v) is 6.40. The van der Waals surface area contributed by atoms with Crippen LogP contribution in [-0.2, 0) is 23.7 Å². The van der Waals surface area contributed by atoms with Gasteiger partial charge in [-0.25, -0.2) is 9.59 Å². The van der Waals surface area contributed by atoms with Gasteiger partial charge in [0.2, 0.25) is 0 Å². The molecule has 0 aliphatic rings. The first-order valence-corrected chi connectivity index (χ1v) is 8.31. The highest BCUT2D eigenvalue weighted by molar-refractivity contribution is 5.68. The number of hydrogen-bond donors (Lipinski definition) is 2. The summed E-state index contributed by atoms with van der Waals surface area (Å²) in [6.07, 6.45) is -0.456. The number of aliphatic carboxylic acids is 1. The molecule has 0 heterocycles. The number of nitrogens with one attached hydrogen (secondary N) is 1. The summed E-state index contributed by atoms with van der Waals surface area (Å²) >= 11 is 0. The lowest BCUT2D eigenvalue weighted by Gasteiger charge is -2.19. The summed E-state index contributed by atoms with van der Waals surface area (Å²) in [5.41, 5.74) is -0.506. The summed E-state index contributed by atoms with van der Waals surface area (Å²) in [5.74, 6) is -0.965. The SMILES string of the molecule is CN(CCOCCOCCNC(=O)OC(C)(C)C)CCOCC(=O)O. The molecule has 2 N–H and O–H groups in total. The van der Waals surface area contributed by atoms with Crippen molar-refractivity contribution in [1.29, 1.82) is 0 Å². The van der Waals surface area contributed by atoms with Crippen molar-refractivity contribution in [3.8, 4) is 0 Å². The van der Waals surface area contributed by atoms with Crippen LogP contribution in [0.1, 0.15) is 20.8 Å². The summed E-state index contributed by atoms with van der Waals surface area (Å²) in [6.45, 7) is 9.12.